The summed E-state index contributed by atoms with van der Waals surface area (Å²) in [7, 11) is 1.66. The lowest BCUT2D eigenvalue weighted by molar-refractivity contribution is 0.0978. The van der Waals surface area contributed by atoms with Gasteiger partial charge >= 0.3 is 0 Å². The number of hydrogen-bond donors (Lipinski definition) is 3. The Labute approximate surface area is 127 Å². The van der Waals surface area contributed by atoms with Crippen molar-refractivity contribution in [2.75, 3.05) is 24.7 Å². The number of ketones is 2. The van der Waals surface area contributed by atoms with Gasteiger partial charge in [-0.1, -0.05) is 24.3 Å². The molecule has 5 nitrogen and oxygen atoms in total. The molecule has 5 heteroatoms. The lowest BCUT2D eigenvalue weighted by Crippen LogP contribution is -2.25. The van der Waals surface area contributed by atoms with Crippen molar-refractivity contribution in [2.45, 2.75) is 6.42 Å². The van der Waals surface area contributed by atoms with Gasteiger partial charge in [-0.3, -0.25) is 9.59 Å². The zero-order chi connectivity index (χ0) is 15.9. The van der Waals surface area contributed by atoms with Gasteiger partial charge in [0.25, 0.3) is 0 Å². The summed E-state index contributed by atoms with van der Waals surface area (Å²) < 4.78 is 0. The normalized spacial score (nSPS) is 12.8. The first-order valence-electron chi connectivity index (χ1n) is 7.02. The second-order valence-corrected chi connectivity index (χ2v) is 5.18. The number of fused-ring (bicyclic) bond motifs is 2. The molecule has 112 valence electrons. The minimum Gasteiger partial charge on any atom is -0.397 e. The Bertz CT molecular complexity index is 797. The summed E-state index contributed by atoms with van der Waals surface area (Å²) in [5.74, 6) is -0.425. The van der Waals surface area contributed by atoms with Crippen LogP contribution >= 0.6 is 0 Å². The molecule has 0 fully saturated rings. The van der Waals surface area contributed by atoms with E-state index in [0.717, 1.165) is 0 Å². The number of anilines is 2. The van der Waals surface area contributed by atoms with Crippen LogP contribution in [0.2, 0.25) is 0 Å². The highest BCUT2D eigenvalue weighted by Gasteiger charge is 2.34. The highest BCUT2D eigenvalue weighted by molar-refractivity contribution is 6.31. The molecule has 0 radical (unpaired) electrons. The maximum atomic E-state index is 12.8. The van der Waals surface area contributed by atoms with Crippen LogP contribution in [0.1, 0.15) is 37.4 Å². The van der Waals surface area contributed by atoms with Crippen LogP contribution in [0.15, 0.2) is 30.3 Å². The molecule has 0 spiro atoms. The largest absolute Gasteiger partial charge is 0.397 e. The van der Waals surface area contributed by atoms with Crippen LogP contribution in [-0.2, 0) is 6.42 Å². The molecule has 3 rings (SSSR count). The van der Waals surface area contributed by atoms with Crippen LogP contribution in [0.4, 0.5) is 11.4 Å². The van der Waals surface area contributed by atoms with Crippen molar-refractivity contribution < 1.29 is 14.7 Å². The highest BCUT2D eigenvalue weighted by atomic mass is 16.3. The van der Waals surface area contributed by atoms with Gasteiger partial charge in [-0.15, -0.1) is 0 Å². The number of aliphatic hydroxyl groups excluding tert-OH is 1. The van der Waals surface area contributed by atoms with Crippen LogP contribution in [0.25, 0.3) is 0 Å². The molecule has 0 unspecified atom stereocenters. The Kier molecular flexibility index (Phi) is 3.42. The Hall–Kier alpha value is -2.66. The molecule has 0 saturated carbocycles. The second kappa shape index (κ2) is 5.27. The Morgan fingerprint density at radius 3 is 2.23 bits per heavy atom. The fourth-order valence-electron chi connectivity index (χ4n) is 2.98. The predicted octanol–water partition coefficient (Wildman–Crippen LogP) is 1.62. The number of benzene rings is 2. The van der Waals surface area contributed by atoms with Crippen LogP contribution in [0, 0.1) is 0 Å². The maximum absolute atomic E-state index is 12.8. The first-order chi connectivity index (χ1) is 10.6. The maximum Gasteiger partial charge on any atom is 0.196 e. The van der Waals surface area contributed by atoms with Gasteiger partial charge in [0.05, 0.1) is 16.9 Å². The van der Waals surface area contributed by atoms with Gasteiger partial charge in [-0.05, 0) is 18.1 Å². The predicted molar refractivity (Wildman–Crippen MR) is 84.5 cm³/mol. The minimum atomic E-state index is -0.221. The van der Waals surface area contributed by atoms with Crippen molar-refractivity contribution in [1.82, 2.24) is 0 Å². The monoisotopic (exact) mass is 296 g/mol. The van der Waals surface area contributed by atoms with Gasteiger partial charge in [0, 0.05) is 30.3 Å². The summed E-state index contributed by atoms with van der Waals surface area (Å²) in [6, 6.07) is 8.41. The van der Waals surface area contributed by atoms with Crippen LogP contribution < -0.4 is 11.1 Å². The third-order valence-corrected chi connectivity index (χ3v) is 3.94. The fourth-order valence-corrected chi connectivity index (χ4v) is 2.98. The molecule has 0 atom stereocenters. The van der Waals surface area contributed by atoms with Crippen molar-refractivity contribution in [1.29, 1.82) is 0 Å². The zero-order valence-electron chi connectivity index (χ0n) is 12.1. The number of rotatable bonds is 3. The number of aliphatic hydroxyl groups is 1. The molecule has 2 aromatic carbocycles. The molecule has 22 heavy (non-hydrogen) atoms. The first-order valence-corrected chi connectivity index (χ1v) is 7.02. The number of nitrogens with two attached hydrogens (primary N) is 1. The summed E-state index contributed by atoms with van der Waals surface area (Å²) in [5, 5.41) is 12.1. The quantitative estimate of drug-likeness (QED) is 0.639. The number of nitrogen functional groups attached to an aromatic ring is 1. The van der Waals surface area contributed by atoms with Crippen LogP contribution in [0.5, 0.6) is 0 Å². The highest BCUT2D eigenvalue weighted by Crippen LogP contribution is 2.37. The molecule has 0 amide bonds. The standard InChI is InChI=1S/C17H16N2O3/c1-19-15-12(18)8-9(6-7-20)13-14(15)17(22)11-5-3-2-4-10(11)16(13)21/h2-5,8,19-20H,6-7,18H2,1H3. The van der Waals surface area contributed by atoms with Crippen LogP contribution in [-0.4, -0.2) is 30.3 Å². The van der Waals surface area contributed by atoms with E-state index in [0.29, 0.717) is 39.2 Å². The SMILES string of the molecule is CNc1c(N)cc(CCO)c2c1C(=O)c1ccccc1C2=O. The van der Waals surface area contributed by atoms with Crippen molar-refractivity contribution in [3.63, 3.8) is 0 Å². The van der Waals surface area contributed by atoms with Gasteiger partial charge < -0.3 is 16.2 Å². The minimum absolute atomic E-state index is 0.117. The third kappa shape index (κ3) is 1.90. The van der Waals surface area contributed by atoms with E-state index in [1.165, 1.54) is 0 Å². The second-order valence-electron chi connectivity index (χ2n) is 5.18. The number of nitrogens with one attached hydrogen (secondary N) is 1. The topological polar surface area (TPSA) is 92.4 Å². The summed E-state index contributed by atoms with van der Waals surface area (Å²) in [4.78, 5) is 25.7. The van der Waals surface area contributed by atoms with Crippen molar-refractivity contribution in [2.24, 2.45) is 0 Å². The van der Waals surface area contributed by atoms with Crippen molar-refractivity contribution in [3.8, 4) is 0 Å². The Morgan fingerprint density at radius 2 is 1.68 bits per heavy atom. The number of carbonyl (C=O) groups is 2. The van der Waals surface area contributed by atoms with E-state index in [4.69, 9.17) is 5.73 Å². The average Bonchev–Trinajstić information content (AvgIpc) is 2.52. The van der Waals surface area contributed by atoms with Crippen LogP contribution in [0.3, 0.4) is 0 Å². The lowest BCUT2D eigenvalue weighted by Gasteiger charge is -2.24. The molecule has 0 bridgehead atoms. The molecule has 0 aliphatic heterocycles. The summed E-state index contributed by atoms with van der Waals surface area (Å²) in [6.07, 6.45) is 0.276. The van der Waals surface area contributed by atoms with Crippen molar-refractivity contribution >= 4 is 22.9 Å². The van der Waals surface area contributed by atoms with E-state index in [1.807, 2.05) is 0 Å². The molecule has 0 saturated heterocycles. The van der Waals surface area contributed by atoms with E-state index in [2.05, 4.69) is 5.32 Å². The van der Waals surface area contributed by atoms with Gasteiger partial charge in [-0.25, -0.2) is 0 Å². The average molecular weight is 296 g/mol. The van der Waals surface area contributed by atoms with E-state index in [9.17, 15) is 14.7 Å². The fraction of sp³-hybridized carbons (Fsp3) is 0.176. The molecule has 0 aromatic heterocycles. The Balaban J connectivity index is 2.37. The van der Waals surface area contributed by atoms with E-state index in [-0.39, 0.29) is 24.6 Å². The molecule has 4 N–H and O–H groups in total. The smallest absolute Gasteiger partial charge is 0.196 e. The summed E-state index contributed by atoms with van der Waals surface area (Å²) >= 11 is 0. The van der Waals surface area contributed by atoms with Gasteiger partial charge in [0.2, 0.25) is 0 Å². The molecular formula is C17H16N2O3. The van der Waals surface area contributed by atoms with Crippen molar-refractivity contribution in [3.05, 3.63) is 58.1 Å². The molecule has 2 aromatic rings. The molecule has 1 aliphatic rings. The number of hydrogen-bond acceptors (Lipinski definition) is 5. The van der Waals surface area contributed by atoms with E-state index >= 15 is 0 Å². The third-order valence-electron chi connectivity index (χ3n) is 3.94. The molecular weight excluding hydrogens is 280 g/mol. The first kappa shape index (κ1) is 14.3. The zero-order valence-corrected chi connectivity index (χ0v) is 12.1. The molecule has 0 heterocycles. The van der Waals surface area contributed by atoms with Gasteiger partial charge in [-0.2, -0.15) is 0 Å². The lowest BCUT2D eigenvalue weighted by atomic mass is 9.80. The van der Waals surface area contributed by atoms with E-state index < -0.39 is 0 Å². The van der Waals surface area contributed by atoms with Gasteiger partial charge in [0.1, 0.15) is 0 Å². The van der Waals surface area contributed by atoms with E-state index in [1.54, 1.807) is 37.4 Å². The van der Waals surface area contributed by atoms with Gasteiger partial charge in [0.15, 0.2) is 11.6 Å². The summed E-state index contributed by atoms with van der Waals surface area (Å²) in [6.45, 7) is -0.117. The summed E-state index contributed by atoms with van der Waals surface area (Å²) in [5.41, 5.74) is 8.89. The molecule has 1 aliphatic carbocycles. The Morgan fingerprint density at radius 1 is 1.09 bits per heavy atom. The number of carbonyl (C=O) groups excluding carboxylic acids is 2.